The molecule has 0 spiro atoms. The lowest BCUT2D eigenvalue weighted by molar-refractivity contribution is 0.0315. The van der Waals surface area contributed by atoms with E-state index in [4.69, 9.17) is 9.15 Å². The van der Waals surface area contributed by atoms with Gasteiger partial charge >= 0.3 is 0 Å². The molecule has 1 aromatic heterocycles. The van der Waals surface area contributed by atoms with Gasteiger partial charge < -0.3 is 9.15 Å². The molecule has 90 valence electrons. The van der Waals surface area contributed by atoms with E-state index in [1.165, 1.54) is 6.07 Å². The molecule has 0 amide bonds. The van der Waals surface area contributed by atoms with Crippen LogP contribution in [-0.2, 0) is 11.3 Å². The zero-order valence-electron chi connectivity index (χ0n) is 9.49. The molecule has 0 saturated carbocycles. The fraction of sp³-hybridized carbons (Fsp3) is 0.385. The fourth-order valence-electron chi connectivity index (χ4n) is 2.14. The van der Waals surface area contributed by atoms with Gasteiger partial charge in [-0.05, 0) is 12.1 Å². The van der Waals surface area contributed by atoms with Crippen LogP contribution in [0, 0.1) is 5.82 Å². The lowest BCUT2D eigenvalue weighted by atomic mass is 10.2. The lowest BCUT2D eigenvalue weighted by Gasteiger charge is -2.25. The predicted molar refractivity (Wildman–Crippen MR) is 62.3 cm³/mol. The van der Waals surface area contributed by atoms with Gasteiger partial charge in [-0.2, -0.15) is 0 Å². The lowest BCUT2D eigenvalue weighted by Crippen LogP contribution is -2.35. The third kappa shape index (κ3) is 2.18. The quantitative estimate of drug-likeness (QED) is 0.799. The Morgan fingerprint density at radius 3 is 2.82 bits per heavy atom. The van der Waals surface area contributed by atoms with Crippen molar-refractivity contribution in [3.63, 3.8) is 0 Å². The molecule has 0 aliphatic carbocycles. The molecule has 0 atom stereocenters. The molecule has 1 aliphatic heterocycles. The van der Waals surface area contributed by atoms with Crippen LogP contribution in [0.4, 0.5) is 4.39 Å². The van der Waals surface area contributed by atoms with Crippen molar-refractivity contribution in [1.29, 1.82) is 0 Å². The summed E-state index contributed by atoms with van der Waals surface area (Å²) < 4.78 is 24.3. The van der Waals surface area contributed by atoms with Gasteiger partial charge in [0.05, 0.1) is 19.8 Å². The highest BCUT2D eigenvalue weighted by Crippen LogP contribution is 2.23. The van der Waals surface area contributed by atoms with Crippen LogP contribution in [0.3, 0.4) is 0 Å². The number of furan rings is 1. The summed E-state index contributed by atoms with van der Waals surface area (Å²) in [5.74, 6) is 0.516. The van der Waals surface area contributed by atoms with Gasteiger partial charge in [0.2, 0.25) is 0 Å². The molecule has 0 radical (unpaired) electrons. The number of hydrogen-bond acceptors (Lipinski definition) is 3. The van der Waals surface area contributed by atoms with Crippen LogP contribution < -0.4 is 0 Å². The van der Waals surface area contributed by atoms with Crippen molar-refractivity contribution >= 4 is 11.0 Å². The van der Waals surface area contributed by atoms with Crippen LogP contribution in [0.2, 0.25) is 0 Å². The number of benzene rings is 1. The minimum Gasteiger partial charge on any atom is -0.457 e. The molecule has 0 unspecified atom stereocenters. The van der Waals surface area contributed by atoms with E-state index in [0.717, 1.165) is 44.0 Å². The first-order chi connectivity index (χ1) is 8.33. The Morgan fingerprint density at radius 1 is 1.24 bits per heavy atom. The second kappa shape index (κ2) is 4.47. The SMILES string of the molecule is Fc1cccc2cc(CN3CCOCC3)oc12. The first kappa shape index (κ1) is 10.7. The highest BCUT2D eigenvalue weighted by Gasteiger charge is 2.14. The molecule has 17 heavy (non-hydrogen) atoms. The van der Waals surface area contributed by atoms with Gasteiger partial charge in [-0.3, -0.25) is 4.90 Å². The topological polar surface area (TPSA) is 25.6 Å². The average Bonchev–Trinajstić information content (AvgIpc) is 2.74. The third-order valence-corrected chi connectivity index (χ3v) is 3.03. The van der Waals surface area contributed by atoms with Gasteiger partial charge in [-0.15, -0.1) is 0 Å². The van der Waals surface area contributed by atoms with Gasteiger partial charge in [-0.25, -0.2) is 4.39 Å². The third-order valence-electron chi connectivity index (χ3n) is 3.03. The first-order valence-corrected chi connectivity index (χ1v) is 5.80. The van der Waals surface area contributed by atoms with Crippen molar-refractivity contribution in [1.82, 2.24) is 4.90 Å². The van der Waals surface area contributed by atoms with Crippen LogP contribution in [0.1, 0.15) is 5.76 Å². The Bertz CT molecular complexity index is 517. The molecule has 1 saturated heterocycles. The van der Waals surface area contributed by atoms with Crippen LogP contribution in [-0.4, -0.2) is 31.2 Å². The highest BCUT2D eigenvalue weighted by molar-refractivity contribution is 5.78. The summed E-state index contributed by atoms with van der Waals surface area (Å²) in [6, 6.07) is 6.90. The zero-order chi connectivity index (χ0) is 11.7. The maximum Gasteiger partial charge on any atom is 0.169 e. The predicted octanol–water partition coefficient (Wildman–Crippen LogP) is 2.40. The van der Waals surface area contributed by atoms with Crippen LogP contribution in [0.15, 0.2) is 28.7 Å². The van der Waals surface area contributed by atoms with E-state index in [-0.39, 0.29) is 5.82 Å². The van der Waals surface area contributed by atoms with E-state index in [1.54, 1.807) is 6.07 Å². The molecule has 2 heterocycles. The molecule has 0 bridgehead atoms. The van der Waals surface area contributed by atoms with Crippen molar-refractivity contribution in [2.75, 3.05) is 26.3 Å². The van der Waals surface area contributed by atoms with Gasteiger partial charge in [0.25, 0.3) is 0 Å². The number of rotatable bonds is 2. The molecule has 3 rings (SSSR count). The summed E-state index contributed by atoms with van der Waals surface area (Å²) in [6.45, 7) is 4.04. The van der Waals surface area contributed by atoms with Gasteiger partial charge in [0.15, 0.2) is 11.4 Å². The Labute approximate surface area is 98.8 Å². The van der Waals surface area contributed by atoms with Crippen molar-refractivity contribution in [2.24, 2.45) is 0 Å². The summed E-state index contributed by atoms with van der Waals surface area (Å²) in [4.78, 5) is 2.25. The normalized spacial score (nSPS) is 17.7. The monoisotopic (exact) mass is 235 g/mol. The average molecular weight is 235 g/mol. The van der Waals surface area contributed by atoms with Gasteiger partial charge in [0, 0.05) is 18.5 Å². The maximum absolute atomic E-state index is 13.5. The van der Waals surface area contributed by atoms with E-state index in [1.807, 2.05) is 12.1 Å². The minimum absolute atomic E-state index is 0.296. The van der Waals surface area contributed by atoms with Crippen molar-refractivity contribution in [2.45, 2.75) is 6.54 Å². The second-order valence-corrected chi connectivity index (χ2v) is 4.26. The number of fused-ring (bicyclic) bond motifs is 1. The summed E-state index contributed by atoms with van der Waals surface area (Å²) in [6.07, 6.45) is 0. The smallest absolute Gasteiger partial charge is 0.169 e. The molecule has 1 fully saturated rings. The van der Waals surface area contributed by atoms with Crippen LogP contribution in [0.25, 0.3) is 11.0 Å². The van der Waals surface area contributed by atoms with E-state index in [9.17, 15) is 4.39 Å². The van der Waals surface area contributed by atoms with Crippen LogP contribution in [0.5, 0.6) is 0 Å². The Balaban J connectivity index is 1.83. The number of hydrogen-bond donors (Lipinski definition) is 0. The minimum atomic E-state index is -0.296. The molecular formula is C13H14FNO2. The first-order valence-electron chi connectivity index (χ1n) is 5.80. The largest absolute Gasteiger partial charge is 0.457 e. The van der Waals surface area contributed by atoms with Crippen LogP contribution >= 0.6 is 0 Å². The van der Waals surface area contributed by atoms with E-state index >= 15 is 0 Å². The molecule has 1 aliphatic rings. The fourth-order valence-corrected chi connectivity index (χ4v) is 2.14. The molecule has 0 N–H and O–H groups in total. The molecular weight excluding hydrogens is 221 g/mol. The summed E-state index contributed by atoms with van der Waals surface area (Å²) in [5, 5.41) is 0.827. The Kier molecular flexibility index (Phi) is 2.82. The zero-order valence-corrected chi connectivity index (χ0v) is 9.49. The summed E-state index contributed by atoms with van der Waals surface area (Å²) in [5.41, 5.74) is 0.357. The number of ether oxygens (including phenoxy) is 1. The Hall–Kier alpha value is -1.39. The van der Waals surface area contributed by atoms with E-state index < -0.39 is 0 Å². The Morgan fingerprint density at radius 2 is 2.06 bits per heavy atom. The molecule has 3 nitrogen and oxygen atoms in total. The van der Waals surface area contributed by atoms with E-state index in [2.05, 4.69) is 4.90 Å². The van der Waals surface area contributed by atoms with Gasteiger partial charge in [-0.1, -0.05) is 12.1 Å². The van der Waals surface area contributed by atoms with Crippen molar-refractivity contribution < 1.29 is 13.5 Å². The number of halogens is 1. The van der Waals surface area contributed by atoms with Gasteiger partial charge in [0.1, 0.15) is 5.76 Å². The second-order valence-electron chi connectivity index (χ2n) is 4.26. The number of nitrogens with zero attached hydrogens (tertiary/aromatic N) is 1. The summed E-state index contributed by atoms with van der Waals surface area (Å²) >= 11 is 0. The maximum atomic E-state index is 13.5. The highest BCUT2D eigenvalue weighted by atomic mass is 19.1. The molecule has 1 aromatic carbocycles. The summed E-state index contributed by atoms with van der Waals surface area (Å²) in [7, 11) is 0. The van der Waals surface area contributed by atoms with Crippen molar-refractivity contribution in [3.8, 4) is 0 Å². The van der Waals surface area contributed by atoms with E-state index in [0.29, 0.717) is 5.58 Å². The number of morpholine rings is 1. The standard InChI is InChI=1S/C13H14FNO2/c14-12-3-1-2-10-8-11(17-13(10)12)9-15-4-6-16-7-5-15/h1-3,8H,4-7,9H2. The van der Waals surface area contributed by atoms with Crippen molar-refractivity contribution in [3.05, 3.63) is 35.8 Å². The molecule has 4 heteroatoms. The number of para-hydroxylation sites is 1. The molecule has 2 aromatic rings.